The zero-order chi connectivity index (χ0) is 21.0. The van der Waals surface area contributed by atoms with Crippen molar-refractivity contribution >= 4 is 6.09 Å². The Balaban J connectivity index is 1.57. The second-order valence-electron chi connectivity index (χ2n) is 7.91. The van der Waals surface area contributed by atoms with Gasteiger partial charge in [-0.15, -0.1) is 0 Å². The highest BCUT2D eigenvalue weighted by atomic mass is 16.5. The van der Waals surface area contributed by atoms with Gasteiger partial charge in [-0.2, -0.15) is 5.26 Å². The van der Waals surface area contributed by atoms with E-state index < -0.39 is 6.09 Å². The second kappa shape index (κ2) is 12.0. The third-order valence-corrected chi connectivity index (χ3v) is 5.71. The third-order valence-electron chi connectivity index (χ3n) is 5.71. The van der Waals surface area contributed by atoms with Gasteiger partial charge in [0.2, 0.25) is 0 Å². The molecule has 0 spiro atoms. The molecule has 1 N–H and O–H groups in total. The van der Waals surface area contributed by atoms with E-state index in [1.54, 1.807) is 0 Å². The molecule has 5 nitrogen and oxygen atoms in total. The lowest BCUT2D eigenvalue weighted by atomic mass is 9.92. The molecule has 1 saturated heterocycles. The van der Waals surface area contributed by atoms with Crippen LogP contribution in [0.1, 0.15) is 36.8 Å². The van der Waals surface area contributed by atoms with Crippen LogP contribution < -0.4 is 5.32 Å². The summed E-state index contributed by atoms with van der Waals surface area (Å²) in [6, 6.07) is 22.0. The average molecular weight is 406 g/mol. The van der Waals surface area contributed by atoms with Gasteiger partial charge in [0.25, 0.3) is 0 Å². The van der Waals surface area contributed by atoms with Crippen LogP contribution in [0.4, 0.5) is 4.79 Å². The molecule has 30 heavy (non-hydrogen) atoms. The van der Waals surface area contributed by atoms with Gasteiger partial charge in [0.1, 0.15) is 6.61 Å². The molecular weight excluding hydrogens is 374 g/mol. The summed E-state index contributed by atoms with van der Waals surface area (Å²) < 4.78 is 5.41. The minimum atomic E-state index is -0.460. The van der Waals surface area contributed by atoms with Crippen LogP contribution in [-0.4, -0.2) is 36.7 Å². The zero-order valence-corrected chi connectivity index (χ0v) is 17.5. The van der Waals surface area contributed by atoms with Crippen molar-refractivity contribution in [3.8, 4) is 6.07 Å². The zero-order valence-electron chi connectivity index (χ0n) is 17.5. The molecule has 2 aromatic rings. The van der Waals surface area contributed by atoms with Crippen LogP contribution in [0.15, 0.2) is 60.7 Å². The van der Waals surface area contributed by atoms with Gasteiger partial charge in [-0.05, 0) is 62.9 Å². The SMILES string of the molecule is N#C[C@@H](CCN1CCCC1)[C@@H](CCc1ccccc1)NC(=O)OCc1ccccc1. The fourth-order valence-electron chi connectivity index (χ4n) is 3.94. The minimum Gasteiger partial charge on any atom is -0.445 e. The monoisotopic (exact) mass is 405 g/mol. The van der Waals surface area contributed by atoms with Crippen molar-refractivity contribution in [2.45, 2.75) is 44.8 Å². The topological polar surface area (TPSA) is 65.4 Å². The molecular formula is C25H31N3O2. The number of alkyl carbamates (subject to hydrolysis) is 1. The lowest BCUT2D eigenvalue weighted by Crippen LogP contribution is -2.41. The van der Waals surface area contributed by atoms with Crippen molar-refractivity contribution in [1.82, 2.24) is 10.2 Å². The van der Waals surface area contributed by atoms with E-state index in [0.717, 1.165) is 38.0 Å². The Morgan fingerprint density at radius 1 is 1.00 bits per heavy atom. The number of hydrogen-bond donors (Lipinski definition) is 1. The number of ether oxygens (including phenoxy) is 1. The highest BCUT2D eigenvalue weighted by molar-refractivity contribution is 5.67. The van der Waals surface area contributed by atoms with Crippen LogP contribution in [0.5, 0.6) is 0 Å². The Morgan fingerprint density at radius 2 is 1.63 bits per heavy atom. The van der Waals surface area contributed by atoms with Crippen LogP contribution in [0, 0.1) is 17.2 Å². The summed E-state index contributed by atoms with van der Waals surface area (Å²) in [5.74, 6) is -0.237. The highest BCUT2D eigenvalue weighted by Crippen LogP contribution is 2.18. The largest absolute Gasteiger partial charge is 0.445 e. The Morgan fingerprint density at radius 3 is 2.27 bits per heavy atom. The van der Waals surface area contributed by atoms with Crippen LogP contribution >= 0.6 is 0 Å². The van der Waals surface area contributed by atoms with E-state index in [1.807, 2.05) is 48.5 Å². The summed E-state index contributed by atoms with van der Waals surface area (Å²) in [6.07, 6.45) is 4.29. The molecule has 1 aliphatic heterocycles. The lowest BCUT2D eigenvalue weighted by Gasteiger charge is -2.25. The van der Waals surface area contributed by atoms with Crippen molar-refractivity contribution in [1.29, 1.82) is 5.26 Å². The van der Waals surface area contributed by atoms with Crippen LogP contribution in [0.2, 0.25) is 0 Å². The fraction of sp³-hybridized carbons (Fsp3) is 0.440. The Hall–Kier alpha value is -2.84. The molecule has 1 amide bonds. The summed E-state index contributed by atoms with van der Waals surface area (Å²) in [5.41, 5.74) is 2.15. The molecule has 0 aromatic heterocycles. The minimum absolute atomic E-state index is 0.225. The molecule has 5 heteroatoms. The number of nitrogens with one attached hydrogen (secondary N) is 1. The molecule has 0 unspecified atom stereocenters. The molecule has 2 atom stereocenters. The van der Waals surface area contributed by atoms with Crippen LogP contribution in [0.25, 0.3) is 0 Å². The fourth-order valence-corrected chi connectivity index (χ4v) is 3.94. The Kier molecular flexibility index (Phi) is 8.74. The number of benzene rings is 2. The van der Waals surface area contributed by atoms with Crippen molar-refractivity contribution in [2.75, 3.05) is 19.6 Å². The van der Waals surface area contributed by atoms with E-state index in [9.17, 15) is 10.1 Å². The number of nitriles is 1. The Labute approximate surface area is 179 Å². The molecule has 1 fully saturated rings. The number of carbonyl (C=O) groups is 1. The van der Waals surface area contributed by atoms with Crippen molar-refractivity contribution < 1.29 is 9.53 Å². The van der Waals surface area contributed by atoms with E-state index in [2.05, 4.69) is 28.4 Å². The molecule has 0 saturated carbocycles. The van der Waals surface area contributed by atoms with Gasteiger partial charge in [-0.25, -0.2) is 4.79 Å². The summed E-state index contributed by atoms with van der Waals surface area (Å²) in [6.45, 7) is 3.35. The van der Waals surface area contributed by atoms with Gasteiger partial charge in [-0.3, -0.25) is 0 Å². The number of carbonyl (C=O) groups excluding carboxylic acids is 1. The summed E-state index contributed by atoms with van der Waals surface area (Å²) in [7, 11) is 0. The first-order valence-corrected chi connectivity index (χ1v) is 10.9. The maximum absolute atomic E-state index is 12.5. The van der Waals surface area contributed by atoms with Crippen molar-refractivity contribution in [2.24, 2.45) is 5.92 Å². The standard InChI is InChI=1S/C25H31N3O2/c26-19-23(15-18-28-16-7-8-17-28)24(14-13-21-9-3-1-4-10-21)27-25(29)30-20-22-11-5-2-6-12-22/h1-6,9-12,23-24H,7-8,13-18,20H2,(H,27,29)/t23-,24-/m1/s1. The number of rotatable bonds is 10. The smallest absolute Gasteiger partial charge is 0.407 e. The molecule has 0 radical (unpaired) electrons. The van der Waals surface area contributed by atoms with E-state index >= 15 is 0 Å². The number of nitrogens with zero attached hydrogens (tertiary/aromatic N) is 2. The van der Waals surface area contributed by atoms with E-state index in [4.69, 9.17) is 4.74 Å². The molecule has 1 heterocycles. The van der Waals surface area contributed by atoms with Gasteiger partial charge >= 0.3 is 6.09 Å². The van der Waals surface area contributed by atoms with E-state index in [0.29, 0.717) is 6.42 Å². The maximum Gasteiger partial charge on any atom is 0.407 e. The summed E-state index contributed by atoms with van der Waals surface area (Å²) in [4.78, 5) is 14.9. The van der Waals surface area contributed by atoms with Crippen molar-refractivity contribution in [3.63, 3.8) is 0 Å². The molecule has 0 bridgehead atoms. The predicted octanol–water partition coefficient (Wildman–Crippen LogP) is 4.54. The summed E-state index contributed by atoms with van der Waals surface area (Å²) >= 11 is 0. The van der Waals surface area contributed by atoms with E-state index in [1.165, 1.54) is 18.4 Å². The van der Waals surface area contributed by atoms with Crippen LogP contribution in [0.3, 0.4) is 0 Å². The van der Waals surface area contributed by atoms with Gasteiger partial charge in [0.15, 0.2) is 0 Å². The van der Waals surface area contributed by atoms with Gasteiger partial charge in [0, 0.05) is 6.04 Å². The number of amides is 1. The van der Waals surface area contributed by atoms with Gasteiger partial charge in [-0.1, -0.05) is 60.7 Å². The molecule has 0 aliphatic carbocycles. The quantitative estimate of drug-likeness (QED) is 0.630. The summed E-state index contributed by atoms with van der Waals surface area (Å²) in [5, 5.41) is 12.8. The Bertz CT molecular complexity index is 798. The number of likely N-dealkylation sites (tertiary alicyclic amines) is 1. The first-order valence-electron chi connectivity index (χ1n) is 10.9. The van der Waals surface area contributed by atoms with Gasteiger partial charge in [0.05, 0.1) is 12.0 Å². The molecule has 1 aliphatic rings. The van der Waals surface area contributed by atoms with Gasteiger partial charge < -0.3 is 15.0 Å². The van der Waals surface area contributed by atoms with Crippen molar-refractivity contribution in [3.05, 3.63) is 71.8 Å². The maximum atomic E-state index is 12.5. The van der Waals surface area contributed by atoms with Crippen LogP contribution in [-0.2, 0) is 17.8 Å². The number of hydrogen-bond acceptors (Lipinski definition) is 4. The first kappa shape index (κ1) is 21.9. The second-order valence-corrected chi connectivity index (χ2v) is 7.91. The lowest BCUT2D eigenvalue weighted by molar-refractivity contribution is 0.131. The molecule has 158 valence electrons. The third kappa shape index (κ3) is 7.20. The predicted molar refractivity (Wildman–Crippen MR) is 118 cm³/mol. The molecule has 2 aromatic carbocycles. The first-order chi connectivity index (χ1) is 14.7. The average Bonchev–Trinajstić information content (AvgIpc) is 3.31. The molecule has 3 rings (SSSR count). The normalized spacial score (nSPS) is 15.8. The van der Waals surface area contributed by atoms with E-state index in [-0.39, 0.29) is 18.6 Å². The number of aryl methyl sites for hydroxylation is 1. The highest BCUT2D eigenvalue weighted by Gasteiger charge is 2.25.